The summed E-state index contributed by atoms with van der Waals surface area (Å²) in [5, 5.41) is 12.9. The highest BCUT2D eigenvalue weighted by molar-refractivity contribution is 5.43. The maximum atomic E-state index is 9.59. The van der Waals surface area contributed by atoms with E-state index in [2.05, 4.69) is 5.32 Å². The molecule has 0 bridgehead atoms. The fraction of sp³-hybridized carbons (Fsp3) is 0.455. The summed E-state index contributed by atoms with van der Waals surface area (Å²) in [5.41, 5.74) is 1.11. The predicted molar refractivity (Wildman–Crippen MR) is 53.7 cm³/mol. The molecule has 0 amide bonds. The normalized spacial score (nSPS) is 27.5. The molecule has 70 valence electrons. The fourth-order valence-electron chi connectivity index (χ4n) is 1.86. The van der Waals surface area contributed by atoms with E-state index in [0.717, 1.165) is 24.9 Å². The van der Waals surface area contributed by atoms with Crippen molar-refractivity contribution in [2.24, 2.45) is 0 Å². The summed E-state index contributed by atoms with van der Waals surface area (Å²) in [7, 11) is 0. The van der Waals surface area contributed by atoms with Crippen molar-refractivity contribution < 1.29 is 5.11 Å². The Kier molecular flexibility index (Phi) is 2.50. The molecule has 0 aliphatic heterocycles. The highest BCUT2D eigenvalue weighted by Crippen LogP contribution is 2.22. The number of rotatable bonds is 2. The van der Waals surface area contributed by atoms with E-state index in [1.54, 1.807) is 0 Å². The van der Waals surface area contributed by atoms with Gasteiger partial charge in [-0.15, -0.1) is 0 Å². The molecule has 1 aliphatic carbocycles. The third kappa shape index (κ3) is 2.01. The molecule has 2 nitrogen and oxygen atoms in total. The number of benzene rings is 1. The second-order valence-electron chi connectivity index (χ2n) is 3.62. The largest absolute Gasteiger partial charge is 0.391 e. The van der Waals surface area contributed by atoms with Gasteiger partial charge in [-0.05, 0) is 31.4 Å². The zero-order valence-corrected chi connectivity index (χ0v) is 7.61. The van der Waals surface area contributed by atoms with Gasteiger partial charge >= 0.3 is 0 Å². The Labute approximate surface area is 78.6 Å². The lowest BCUT2D eigenvalue weighted by molar-refractivity contribution is 0.172. The number of hydrogen-bond acceptors (Lipinski definition) is 2. The van der Waals surface area contributed by atoms with Gasteiger partial charge in [0.25, 0.3) is 0 Å². The maximum Gasteiger partial charge on any atom is 0.0741 e. The predicted octanol–water partition coefficient (Wildman–Crippen LogP) is 2.01. The molecule has 2 rings (SSSR count). The summed E-state index contributed by atoms with van der Waals surface area (Å²) in [6.45, 7) is 0. The number of aliphatic hydroxyl groups excluding tert-OH is 1. The minimum Gasteiger partial charge on any atom is -0.391 e. The van der Waals surface area contributed by atoms with Crippen molar-refractivity contribution >= 4 is 5.69 Å². The Hall–Kier alpha value is -1.02. The number of anilines is 1. The standard InChI is InChI=1S/C11H15NO/c13-11-8-4-7-10(11)12-9-5-2-1-3-6-9/h1-3,5-6,10-13H,4,7-8H2/t10-,11?/m0/s1. The molecule has 0 radical (unpaired) electrons. The van der Waals surface area contributed by atoms with Crippen molar-refractivity contribution in [2.75, 3.05) is 5.32 Å². The van der Waals surface area contributed by atoms with Crippen LogP contribution in [0.15, 0.2) is 30.3 Å². The quantitative estimate of drug-likeness (QED) is 0.724. The monoisotopic (exact) mass is 177 g/mol. The van der Waals surface area contributed by atoms with Crippen molar-refractivity contribution in [3.05, 3.63) is 30.3 Å². The Bertz CT molecular complexity index is 260. The van der Waals surface area contributed by atoms with Crippen molar-refractivity contribution in [3.8, 4) is 0 Å². The summed E-state index contributed by atoms with van der Waals surface area (Å²) in [6, 6.07) is 10.3. The van der Waals surface area contributed by atoms with E-state index in [1.807, 2.05) is 30.3 Å². The van der Waals surface area contributed by atoms with Crippen LogP contribution in [-0.2, 0) is 0 Å². The van der Waals surface area contributed by atoms with Crippen LogP contribution < -0.4 is 5.32 Å². The zero-order chi connectivity index (χ0) is 9.10. The van der Waals surface area contributed by atoms with Gasteiger partial charge in [0.2, 0.25) is 0 Å². The van der Waals surface area contributed by atoms with Gasteiger partial charge in [-0.25, -0.2) is 0 Å². The SMILES string of the molecule is OC1CCC[C@@H]1Nc1ccccc1. The first-order chi connectivity index (χ1) is 6.36. The molecule has 13 heavy (non-hydrogen) atoms. The summed E-state index contributed by atoms with van der Waals surface area (Å²) in [4.78, 5) is 0. The first kappa shape index (κ1) is 8.57. The van der Waals surface area contributed by atoms with Crippen molar-refractivity contribution in [1.29, 1.82) is 0 Å². The lowest BCUT2D eigenvalue weighted by Crippen LogP contribution is -2.27. The van der Waals surface area contributed by atoms with Crippen LogP contribution in [0.2, 0.25) is 0 Å². The van der Waals surface area contributed by atoms with Gasteiger partial charge < -0.3 is 10.4 Å². The van der Waals surface area contributed by atoms with Gasteiger partial charge in [-0.2, -0.15) is 0 Å². The van der Waals surface area contributed by atoms with E-state index in [0.29, 0.717) is 0 Å². The molecule has 0 spiro atoms. The number of para-hydroxylation sites is 1. The van der Waals surface area contributed by atoms with Crippen molar-refractivity contribution in [2.45, 2.75) is 31.4 Å². The minimum absolute atomic E-state index is 0.166. The topological polar surface area (TPSA) is 32.3 Å². The molecule has 2 heteroatoms. The average Bonchev–Trinajstić information content (AvgIpc) is 2.54. The molecule has 1 aromatic carbocycles. The number of nitrogens with one attached hydrogen (secondary N) is 1. The Morgan fingerprint density at radius 3 is 2.54 bits per heavy atom. The van der Waals surface area contributed by atoms with Gasteiger partial charge in [-0.3, -0.25) is 0 Å². The molecule has 2 N–H and O–H groups in total. The van der Waals surface area contributed by atoms with E-state index >= 15 is 0 Å². The molecule has 1 unspecified atom stereocenters. The van der Waals surface area contributed by atoms with Crippen molar-refractivity contribution in [1.82, 2.24) is 0 Å². The Morgan fingerprint density at radius 1 is 1.15 bits per heavy atom. The maximum absolute atomic E-state index is 9.59. The average molecular weight is 177 g/mol. The second kappa shape index (κ2) is 3.79. The molecule has 2 atom stereocenters. The third-order valence-electron chi connectivity index (χ3n) is 2.61. The van der Waals surface area contributed by atoms with Crippen LogP contribution in [0.1, 0.15) is 19.3 Å². The van der Waals surface area contributed by atoms with Crippen LogP contribution >= 0.6 is 0 Å². The lowest BCUT2D eigenvalue weighted by atomic mass is 10.2. The number of aliphatic hydroxyl groups is 1. The Balaban J connectivity index is 1.98. The highest BCUT2D eigenvalue weighted by atomic mass is 16.3. The molecule has 0 saturated heterocycles. The summed E-state index contributed by atoms with van der Waals surface area (Å²) in [5.74, 6) is 0. The Morgan fingerprint density at radius 2 is 1.92 bits per heavy atom. The third-order valence-corrected chi connectivity index (χ3v) is 2.61. The molecule has 1 saturated carbocycles. The van der Waals surface area contributed by atoms with Crippen molar-refractivity contribution in [3.63, 3.8) is 0 Å². The zero-order valence-electron chi connectivity index (χ0n) is 7.61. The number of hydrogen-bond donors (Lipinski definition) is 2. The van der Waals surface area contributed by atoms with Crippen LogP contribution in [-0.4, -0.2) is 17.3 Å². The van der Waals surface area contributed by atoms with Gasteiger partial charge in [0.15, 0.2) is 0 Å². The van der Waals surface area contributed by atoms with Gasteiger partial charge in [0, 0.05) is 5.69 Å². The smallest absolute Gasteiger partial charge is 0.0741 e. The minimum atomic E-state index is -0.166. The van der Waals surface area contributed by atoms with Gasteiger partial charge in [0.05, 0.1) is 12.1 Å². The molecule has 1 aromatic rings. The van der Waals surface area contributed by atoms with E-state index in [4.69, 9.17) is 0 Å². The van der Waals surface area contributed by atoms with Crippen LogP contribution in [0.3, 0.4) is 0 Å². The second-order valence-corrected chi connectivity index (χ2v) is 3.62. The summed E-state index contributed by atoms with van der Waals surface area (Å²) < 4.78 is 0. The molecule has 0 aromatic heterocycles. The van der Waals surface area contributed by atoms with Gasteiger partial charge in [0.1, 0.15) is 0 Å². The van der Waals surface area contributed by atoms with Crippen LogP contribution in [0.25, 0.3) is 0 Å². The molecular weight excluding hydrogens is 162 g/mol. The van der Waals surface area contributed by atoms with E-state index in [1.165, 1.54) is 0 Å². The van der Waals surface area contributed by atoms with E-state index < -0.39 is 0 Å². The lowest BCUT2D eigenvalue weighted by Gasteiger charge is -2.17. The fourth-order valence-corrected chi connectivity index (χ4v) is 1.86. The van der Waals surface area contributed by atoms with Crippen LogP contribution in [0.5, 0.6) is 0 Å². The van der Waals surface area contributed by atoms with Gasteiger partial charge in [-0.1, -0.05) is 18.2 Å². The van der Waals surface area contributed by atoms with E-state index in [-0.39, 0.29) is 12.1 Å². The van der Waals surface area contributed by atoms with E-state index in [9.17, 15) is 5.11 Å². The molecule has 1 fully saturated rings. The molecular formula is C11H15NO. The highest BCUT2D eigenvalue weighted by Gasteiger charge is 2.24. The first-order valence-electron chi connectivity index (χ1n) is 4.86. The molecule has 1 aliphatic rings. The molecule has 0 heterocycles. The summed E-state index contributed by atoms with van der Waals surface area (Å²) in [6.07, 6.45) is 2.98. The van der Waals surface area contributed by atoms with Crippen LogP contribution in [0.4, 0.5) is 5.69 Å². The van der Waals surface area contributed by atoms with Crippen LogP contribution in [0, 0.1) is 0 Å². The summed E-state index contributed by atoms with van der Waals surface area (Å²) >= 11 is 0. The first-order valence-corrected chi connectivity index (χ1v) is 4.86.